The molecule has 18 heavy (non-hydrogen) atoms. The molecule has 0 unspecified atom stereocenters. The van der Waals surface area contributed by atoms with E-state index in [1.807, 2.05) is 54.6 Å². The van der Waals surface area contributed by atoms with Crippen LogP contribution in [0, 0.1) is 0 Å². The summed E-state index contributed by atoms with van der Waals surface area (Å²) in [4.78, 5) is 0. The van der Waals surface area contributed by atoms with Crippen LogP contribution < -0.4 is 0 Å². The molecule has 0 aliphatic carbocycles. The van der Waals surface area contributed by atoms with Crippen LogP contribution in [0.5, 0.6) is 0 Å². The molecule has 1 N–H and O–H groups in total. The van der Waals surface area contributed by atoms with Gasteiger partial charge in [-0.05, 0) is 12.1 Å². The van der Waals surface area contributed by atoms with Gasteiger partial charge in [0.2, 0.25) is 5.84 Å². The van der Waals surface area contributed by atoms with Gasteiger partial charge in [-0.3, -0.25) is 0 Å². The minimum atomic E-state index is 0.351. The summed E-state index contributed by atoms with van der Waals surface area (Å²) in [6.07, 6.45) is 0. The van der Waals surface area contributed by atoms with E-state index in [2.05, 4.69) is 15.5 Å². The fraction of sp³-hybridized carbons (Fsp3) is 0. The summed E-state index contributed by atoms with van der Waals surface area (Å²) in [5.74, 6) is 0.351. The Balaban J connectivity index is 2.19. The van der Waals surface area contributed by atoms with Crippen molar-refractivity contribution in [2.45, 2.75) is 0 Å². The van der Waals surface area contributed by atoms with Gasteiger partial charge in [0, 0.05) is 5.56 Å². The fourth-order valence-electron chi connectivity index (χ4n) is 1.83. The molecule has 0 bridgehead atoms. The summed E-state index contributed by atoms with van der Waals surface area (Å²) >= 11 is 0. The molecule has 0 radical (unpaired) electrons. The van der Waals surface area contributed by atoms with Gasteiger partial charge >= 0.3 is 0 Å². The molecule has 0 aliphatic heterocycles. The first-order chi connectivity index (χ1) is 8.90. The van der Waals surface area contributed by atoms with Crippen LogP contribution in [0.1, 0.15) is 5.56 Å². The summed E-state index contributed by atoms with van der Waals surface area (Å²) in [5.41, 5.74) is 2.33. The lowest BCUT2D eigenvalue weighted by Gasteiger charge is -2.04. The van der Waals surface area contributed by atoms with Gasteiger partial charge < -0.3 is 5.21 Å². The van der Waals surface area contributed by atoms with Gasteiger partial charge in [0.25, 0.3) is 0 Å². The maximum absolute atomic E-state index is 9.21. The molecule has 0 aliphatic rings. The average molecular weight is 238 g/mol. The Morgan fingerprint density at radius 3 is 2.50 bits per heavy atom. The van der Waals surface area contributed by atoms with Gasteiger partial charge in [-0.15, -0.1) is 5.10 Å². The summed E-state index contributed by atoms with van der Waals surface area (Å²) < 4.78 is 1.52. The standard InChI is InChI=1S/C13H10N4O/c18-15-13(10-6-2-1-3-7-10)17-12-9-5-4-8-11(12)14-16-17/h1-9,18H/b15-13+. The first-order valence-corrected chi connectivity index (χ1v) is 5.48. The highest BCUT2D eigenvalue weighted by molar-refractivity contribution is 6.03. The van der Waals surface area contributed by atoms with E-state index >= 15 is 0 Å². The number of hydrogen-bond donors (Lipinski definition) is 1. The van der Waals surface area contributed by atoms with E-state index in [0.717, 1.165) is 16.6 Å². The van der Waals surface area contributed by atoms with Gasteiger partial charge in [0.05, 0.1) is 5.52 Å². The molecule has 3 rings (SSSR count). The smallest absolute Gasteiger partial charge is 0.201 e. The van der Waals surface area contributed by atoms with Crippen molar-refractivity contribution in [3.63, 3.8) is 0 Å². The molecule has 3 aromatic rings. The highest BCUT2D eigenvalue weighted by atomic mass is 16.4. The van der Waals surface area contributed by atoms with Crippen molar-refractivity contribution in [1.29, 1.82) is 0 Å². The topological polar surface area (TPSA) is 63.3 Å². The molecule has 2 aromatic carbocycles. The predicted octanol–water partition coefficient (Wildman–Crippen LogP) is 2.12. The zero-order valence-corrected chi connectivity index (χ0v) is 9.43. The third-order valence-electron chi connectivity index (χ3n) is 2.68. The van der Waals surface area contributed by atoms with E-state index in [0.29, 0.717) is 5.84 Å². The average Bonchev–Trinajstić information content (AvgIpc) is 2.85. The van der Waals surface area contributed by atoms with Crippen LogP contribution in [0.3, 0.4) is 0 Å². The van der Waals surface area contributed by atoms with Crippen molar-refractivity contribution in [1.82, 2.24) is 15.0 Å². The SMILES string of the molecule is O/N=C(\c1ccccc1)n1nnc2ccccc21. The summed E-state index contributed by atoms with van der Waals surface area (Å²) in [5, 5.41) is 20.6. The molecular formula is C13H10N4O. The van der Waals surface area contributed by atoms with Crippen LogP contribution in [-0.2, 0) is 0 Å². The van der Waals surface area contributed by atoms with Crippen molar-refractivity contribution in [3.8, 4) is 0 Å². The Labute approximate surface area is 103 Å². The van der Waals surface area contributed by atoms with Crippen LogP contribution in [0.4, 0.5) is 0 Å². The Morgan fingerprint density at radius 2 is 1.72 bits per heavy atom. The quantitative estimate of drug-likeness (QED) is 0.305. The molecule has 0 atom stereocenters. The number of aromatic nitrogens is 3. The number of para-hydroxylation sites is 1. The van der Waals surface area contributed by atoms with Gasteiger partial charge in [-0.25, -0.2) is 0 Å². The summed E-state index contributed by atoms with van der Waals surface area (Å²) in [6.45, 7) is 0. The lowest BCUT2D eigenvalue weighted by molar-refractivity contribution is 0.316. The van der Waals surface area contributed by atoms with Gasteiger partial charge in [0.1, 0.15) is 5.52 Å². The van der Waals surface area contributed by atoms with Crippen molar-refractivity contribution in [3.05, 3.63) is 60.2 Å². The molecule has 0 fully saturated rings. The Kier molecular flexibility index (Phi) is 2.49. The first-order valence-electron chi connectivity index (χ1n) is 5.48. The van der Waals surface area contributed by atoms with Gasteiger partial charge in [0.15, 0.2) is 0 Å². The number of fused-ring (bicyclic) bond motifs is 1. The normalized spacial score (nSPS) is 11.9. The Hall–Kier alpha value is -2.69. The Bertz CT molecular complexity index is 703. The lowest BCUT2D eigenvalue weighted by Crippen LogP contribution is -2.15. The van der Waals surface area contributed by atoms with Crippen molar-refractivity contribution < 1.29 is 5.21 Å². The molecule has 0 amide bonds. The zero-order chi connectivity index (χ0) is 12.4. The zero-order valence-electron chi connectivity index (χ0n) is 9.43. The van der Waals surface area contributed by atoms with Crippen LogP contribution in [0.2, 0.25) is 0 Å². The third-order valence-corrected chi connectivity index (χ3v) is 2.68. The number of nitrogens with zero attached hydrogens (tertiary/aromatic N) is 4. The maximum atomic E-state index is 9.21. The predicted molar refractivity (Wildman–Crippen MR) is 67.7 cm³/mol. The number of benzene rings is 2. The molecule has 88 valence electrons. The second-order valence-electron chi connectivity index (χ2n) is 3.78. The van der Waals surface area contributed by atoms with Crippen LogP contribution in [0.25, 0.3) is 11.0 Å². The van der Waals surface area contributed by atoms with E-state index in [1.165, 1.54) is 4.68 Å². The minimum absolute atomic E-state index is 0.351. The van der Waals surface area contributed by atoms with E-state index in [4.69, 9.17) is 0 Å². The second kappa shape index (κ2) is 4.29. The largest absolute Gasteiger partial charge is 0.409 e. The molecular weight excluding hydrogens is 228 g/mol. The van der Waals surface area contributed by atoms with E-state index in [1.54, 1.807) is 0 Å². The van der Waals surface area contributed by atoms with E-state index < -0.39 is 0 Å². The molecule has 0 spiro atoms. The van der Waals surface area contributed by atoms with E-state index in [9.17, 15) is 5.21 Å². The molecule has 1 heterocycles. The minimum Gasteiger partial charge on any atom is -0.409 e. The number of oxime groups is 1. The molecule has 1 aromatic heterocycles. The highest BCUT2D eigenvalue weighted by Crippen LogP contribution is 2.12. The molecule has 0 saturated heterocycles. The number of hydrogen-bond acceptors (Lipinski definition) is 4. The monoisotopic (exact) mass is 238 g/mol. The summed E-state index contributed by atoms with van der Waals surface area (Å²) in [6, 6.07) is 16.9. The van der Waals surface area contributed by atoms with Crippen molar-refractivity contribution in [2.24, 2.45) is 5.16 Å². The lowest BCUT2D eigenvalue weighted by atomic mass is 10.2. The number of rotatable bonds is 1. The van der Waals surface area contributed by atoms with Crippen molar-refractivity contribution in [2.75, 3.05) is 0 Å². The van der Waals surface area contributed by atoms with Crippen LogP contribution in [-0.4, -0.2) is 26.0 Å². The highest BCUT2D eigenvalue weighted by Gasteiger charge is 2.12. The fourth-order valence-corrected chi connectivity index (χ4v) is 1.83. The second-order valence-corrected chi connectivity index (χ2v) is 3.78. The molecule has 0 saturated carbocycles. The maximum Gasteiger partial charge on any atom is 0.201 e. The van der Waals surface area contributed by atoms with Crippen LogP contribution >= 0.6 is 0 Å². The van der Waals surface area contributed by atoms with E-state index in [-0.39, 0.29) is 0 Å². The molecule has 5 heteroatoms. The molecule has 5 nitrogen and oxygen atoms in total. The Morgan fingerprint density at radius 1 is 1.00 bits per heavy atom. The van der Waals surface area contributed by atoms with Gasteiger partial charge in [-0.1, -0.05) is 52.8 Å². The first kappa shape index (κ1) is 10.5. The summed E-state index contributed by atoms with van der Waals surface area (Å²) in [7, 11) is 0. The van der Waals surface area contributed by atoms with Crippen LogP contribution in [0.15, 0.2) is 59.8 Å². The van der Waals surface area contributed by atoms with Crippen molar-refractivity contribution >= 4 is 16.9 Å². The van der Waals surface area contributed by atoms with Gasteiger partial charge in [-0.2, -0.15) is 4.68 Å². The third kappa shape index (κ3) is 1.62.